The molecule has 0 spiro atoms. The third-order valence-electron chi connectivity index (χ3n) is 14.2. The number of carbonyl (C=O) groups excluding carboxylic acids is 3. The molecule has 4 amide bonds. The number of alkyl carbamates (subject to hydrolysis) is 1. The van der Waals surface area contributed by atoms with Gasteiger partial charge in [-0.25, -0.2) is 19.6 Å². The lowest BCUT2D eigenvalue weighted by atomic mass is 9.84. The third kappa shape index (κ3) is 9.30. The molecule has 3 fully saturated rings. The number of methoxy groups -OCH3 is 1. The van der Waals surface area contributed by atoms with E-state index in [4.69, 9.17) is 14.7 Å². The van der Waals surface area contributed by atoms with Crippen molar-refractivity contribution < 1.29 is 29.0 Å². The SMILES string of the molecule is COC(=O)N[C@H](C(=O)N1CCC[C@H]1c1nc2ccc(C3CC[C@H](c4ccc5nc([C@@H]6CCCN6C(=O)[C@@H](N(C)C(=O)O)C(C)(C)C)[nH]c5c4)N3c3ccc(C(C)(C)C)cc3)cc2[nH]1)C(C)(C)C. The minimum atomic E-state index is -1.13. The van der Waals surface area contributed by atoms with Crippen LogP contribution in [0.15, 0.2) is 60.7 Å². The minimum Gasteiger partial charge on any atom is -0.465 e. The number of benzene rings is 3. The van der Waals surface area contributed by atoms with Gasteiger partial charge in [0.15, 0.2) is 0 Å². The van der Waals surface area contributed by atoms with Crippen LogP contribution in [0.1, 0.15) is 153 Å². The zero-order valence-corrected chi connectivity index (χ0v) is 41.1. The number of ether oxygens (including phenoxy) is 1. The number of nitrogens with zero attached hydrogens (tertiary/aromatic N) is 6. The van der Waals surface area contributed by atoms with E-state index in [1.54, 1.807) is 0 Å². The zero-order chi connectivity index (χ0) is 48.3. The number of anilines is 1. The molecule has 6 atom stereocenters. The Morgan fingerprint density at radius 1 is 0.701 bits per heavy atom. The number of rotatable bonds is 9. The number of H-pyrrole nitrogens is 2. The van der Waals surface area contributed by atoms with Gasteiger partial charge in [0, 0.05) is 25.8 Å². The molecule has 67 heavy (non-hydrogen) atoms. The average molecular weight is 916 g/mol. The number of aromatic amines is 2. The van der Waals surface area contributed by atoms with Crippen molar-refractivity contribution in [3.63, 3.8) is 0 Å². The number of hydrogen-bond acceptors (Lipinski definition) is 8. The van der Waals surface area contributed by atoms with Crippen LogP contribution in [0.4, 0.5) is 15.3 Å². The van der Waals surface area contributed by atoms with Gasteiger partial charge in [0.1, 0.15) is 23.7 Å². The van der Waals surface area contributed by atoms with Gasteiger partial charge in [0.05, 0.1) is 53.3 Å². The van der Waals surface area contributed by atoms with E-state index in [2.05, 4.69) is 102 Å². The normalized spacial score (nSPS) is 21.3. The molecule has 3 saturated heterocycles. The fraction of sp³-hybridized carbons (Fsp3) is 0.538. The molecule has 5 aromatic rings. The lowest BCUT2D eigenvalue weighted by Gasteiger charge is -2.38. The summed E-state index contributed by atoms with van der Waals surface area (Å²) in [6.07, 6.45) is 3.19. The van der Waals surface area contributed by atoms with E-state index in [1.807, 2.05) is 51.3 Å². The number of amides is 4. The maximum absolute atomic E-state index is 14.2. The van der Waals surface area contributed by atoms with Crippen molar-refractivity contribution in [2.75, 3.05) is 32.1 Å². The number of likely N-dealkylation sites (tertiary alicyclic amines) is 2. The van der Waals surface area contributed by atoms with Gasteiger partial charge in [0.25, 0.3) is 0 Å². The summed E-state index contributed by atoms with van der Waals surface area (Å²) in [6.45, 7) is 19.3. The van der Waals surface area contributed by atoms with Crippen molar-refractivity contribution in [2.45, 2.75) is 143 Å². The van der Waals surface area contributed by atoms with E-state index < -0.39 is 35.1 Å². The second-order valence-electron chi connectivity index (χ2n) is 22.1. The van der Waals surface area contributed by atoms with Crippen LogP contribution in [0, 0.1) is 10.8 Å². The van der Waals surface area contributed by atoms with E-state index in [0.717, 1.165) is 88.1 Å². The Labute approximate surface area is 394 Å². The molecule has 4 N–H and O–H groups in total. The highest BCUT2D eigenvalue weighted by molar-refractivity contribution is 5.88. The van der Waals surface area contributed by atoms with Gasteiger partial charge in [-0.05, 0) is 108 Å². The molecule has 15 heteroatoms. The first-order valence-electron chi connectivity index (χ1n) is 23.8. The average Bonchev–Trinajstić information content (AvgIpc) is 4.12. The van der Waals surface area contributed by atoms with Gasteiger partial charge in [-0.2, -0.15) is 0 Å². The molecule has 5 heterocycles. The summed E-state index contributed by atoms with van der Waals surface area (Å²) in [4.78, 5) is 77.3. The smallest absolute Gasteiger partial charge is 0.407 e. The van der Waals surface area contributed by atoms with E-state index >= 15 is 0 Å². The Morgan fingerprint density at radius 2 is 1.19 bits per heavy atom. The summed E-state index contributed by atoms with van der Waals surface area (Å²) >= 11 is 0. The van der Waals surface area contributed by atoms with Crippen LogP contribution < -0.4 is 10.2 Å². The van der Waals surface area contributed by atoms with Crippen molar-refractivity contribution in [3.05, 3.63) is 89.0 Å². The second kappa shape index (κ2) is 17.8. The molecule has 0 bridgehead atoms. The largest absolute Gasteiger partial charge is 0.465 e. The van der Waals surface area contributed by atoms with Crippen molar-refractivity contribution in [2.24, 2.45) is 10.8 Å². The number of aromatic nitrogens is 4. The number of carboxylic acid groups (broad SMARTS) is 1. The molecule has 8 rings (SSSR count). The van der Waals surface area contributed by atoms with Crippen LogP contribution in [0.3, 0.4) is 0 Å². The molecular formula is C52H69N9O6. The Bertz CT molecular complexity index is 2650. The maximum atomic E-state index is 14.2. The second-order valence-corrected chi connectivity index (χ2v) is 22.1. The standard InChI is InChI=1S/C52H69N9O6/c1-50(2,3)32-18-20-33(21-19-32)61-38(30-16-22-34-36(28-30)55-44(53-34)40-14-12-26-59(40)46(62)42(51(4,5)6)57-48(64)67-11)24-25-39(61)31-17-23-35-37(29-31)56-45(54-35)41-15-13-27-60(41)47(63)43(52(7,8)9)58(10)49(65)66/h16-23,28-29,38-43H,12-15,24-27H2,1-11H3,(H,53,55)(H,54,56)(H,57,64)(H,65,66)/t38?,39-,40+,41+,42-,43-/m1/s1. The summed E-state index contributed by atoms with van der Waals surface area (Å²) < 4.78 is 4.88. The van der Waals surface area contributed by atoms with Crippen LogP contribution in [0.2, 0.25) is 0 Å². The number of likely N-dealkylation sites (N-methyl/N-ethyl adjacent to an activating group) is 1. The predicted octanol–water partition coefficient (Wildman–Crippen LogP) is 9.94. The summed E-state index contributed by atoms with van der Waals surface area (Å²) in [6, 6.07) is 19.8. The number of imidazole rings is 2. The molecular weight excluding hydrogens is 847 g/mol. The Balaban J connectivity index is 1.10. The van der Waals surface area contributed by atoms with Crippen LogP contribution >= 0.6 is 0 Å². The number of hydrogen-bond donors (Lipinski definition) is 4. The van der Waals surface area contributed by atoms with Crippen LogP contribution in [0.5, 0.6) is 0 Å². The molecule has 358 valence electrons. The fourth-order valence-corrected chi connectivity index (χ4v) is 10.8. The minimum absolute atomic E-state index is 0.000558. The molecule has 2 aromatic heterocycles. The quantitative estimate of drug-likeness (QED) is 0.112. The van der Waals surface area contributed by atoms with Gasteiger partial charge in [-0.3, -0.25) is 14.5 Å². The van der Waals surface area contributed by atoms with Gasteiger partial charge < -0.3 is 39.8 Å². The highest BCUT2D eigenvalue weighted by atomic mass is 16.5. The van der Waals surface area contributed by atoms with Gasteiger partial charge >= 0.3 is 12.2 Å². The van der Waals surface area contributed by atoms with E-state index in [9.17, 15) is 24.3 Å². The summed E-state index contributed by atoms with van der Waals surface area (Å²) in [5, 5.41) is 12.7. The molecule has 0 saturated carbocycles. The summed E-state index contributed by atoms with van der Waals surface area (Å²) in [5.74, 6) is 1.10. The molecule has 3 aliphatic rings. The first kappa shape index (κ1) is 47.4. The van der Waals surface area contributed by atoms with Crippen LogP contribution in [-0.4, -0.2) is 103 Å². The van der Waals surface area contributed by atoms with Crippen molar-refractivity contribution >= 4 is 51.8 Å². The van der Waals surface area contributed by atoms with Crippen LogP contribution in [-0.2, 0) is 19.7 Å². The molecule has 3 aromatic carbocycles. The Kier molecular flexibility index (Phi) is 12.6. The van der Waals surface area contributed by atoms with Crippen molar-refractivity contribution in [3.8, 4) is 0 Å². The first-order valence-corrected chi connectivity index (χ1v) is 23.8. The lowest BCUT2D eigenvalue weighted by molar-refractivity contribution is -0.141. The maximum Gasteiger partial charge on any atom is 0.407 e. The van der Waals surface area contributed by atoms with E-state index in [0.29, 0.717) is 18.9 Å². The highest BCUT2D eigenvalue weighted by Crippen LogP contribution is 2.48. The fourth-order valence-electron chi connectivity index (χ4n) is 10.8. The number of fused-ring (bicyclic) bond motifs is 2. The molecule has 15 nitrogen and oxygen atoms in total. The molecule has 1 unspecified atom stereocenters. The zero-order valence-electron chi connectivity index (χ0n) is 41.1. The third-order valence-corrected chi connectivity index (χ3v) is 14.2. The van der Waals surface area contributed by atoms with Gasteiger partial charge in [0.2, 0.25) is 11.8 Å². The summed E-state index contributed by atoms with van der Waals surface area (Å²) in [5.41, 5.74) is 7.03. The molecule has 0 radical (unpaired) electrons. The molecule has 3 aliphatic heterocycles. The molecule has 0 aliphatic carbocycles. The van der Waals surface area contributed by atoms with Crippen molar-refractivity contribution in [1.29, 1.82) is 0 Å². The Hall–Kier alpha value is -6.12. The van der Waals surface area contributed by atoms with E-state index in [1.165, 1.54) is 19.7 Å². The Morgan fingerprint density at radius 3 is 1.63 bits per heavy atom. The van der Waals surface area contributed by atoms with Crippen LogP contribution in [0.25, 0.3) is 22.1 Å². The highest BCUT2D eigenvalue weighted by Gasteiger charge is 2.45. The summed E-state index contributed by atoms with van der Waals surface area (Å²) in [7, 11) is 2.77. The number of nitrogens with one attached hydrogen (secondary N) is 3. The van der Waals surface area contributed by atoms with Gasteiger partial charge in [-0.1, -0.05) is 86.6 Å². The first-order chi connectivity index (χ1) is 31.5. The van der Waals surface area contributed by atoms with Gasteiger partial charge in [-0.15, -0.1) is 0 Å². The van der Waals surface area contributed by atoms with Crippen molar-refractivity contribution in [1.82, 2.24) is 40.0 Å². The number of carbonyl (C=O) groups is 4. The van der Waals surface area contributed by atoms with E-state index in [-0.39, 0.29) is 41.4 Å². The monoisotopic (exact) mass is 916 g/mol. The predicted molar refractivity (Wildman–Crippen MR) is 260 cm³/mol. The lowest BCUT2D eigenvalue weighted by Crippen LogP contribution is -2.54. The topological polar surface area (TPSA) is 180 Å².